The van der Waals surface area contributed by atoms with Crippen molar-refractivity contribution in [1.82, 2.24) is 30.4 Å². The first kappa shape index (κ1) is 27.2. The zero-order valence-electron chi connectivity index (χ0n) is 18.5. The van der Waals surface area contributed by atoms with Crippen molar-refractivity contribution in [3.8, 4) is 0 Å². The molecule has 1 fully saturated rings. The van der Waals surface area contributed by atoms with Gasteiger partial charge in [0, 0.05) is 65.4 Å². The van der Waals surface area contributed by atoms with Crippen LogP contribution in [0.4, 0.5) is 0 Å². The normalized spacial score (nSPS) is 16.7. The van der Waals surface area contributed by atoms with Gasteiger partial charge in [-0.2, -0.15) is 0 Å². The molecule has 0 aliphatic carbocycles. The third-order valence-electron chi connectivity index (χ3n) is 5.22. The Balaban J connectivity index is 0.00000385. The van der Waals surface area contributed by atoms with Crippen molar-refractivity contribution < 1.29 is 19.8 Å². The van der Waals surface area contributed by atoms with Crippen LogP contribution in [0.3, 0.4) is 0 Å². The molecule has 1 aliphatic rings. The van der Waals surface area contributed by atoms with Crippen LogP contribution in [-0.2, 0) is 13.1 Å². The molecular formula is C22H28N6O4Pb. The van der Waals surface area contributed by atoms with E-state index < -0.39 is 11.9 Å². The number of aromatic nitrogens is 2. The monoisotopic (exact) mass is 648 g/mol. The Morgan fingerprint density at radius 3 is 1.42 bits per heavy atom. The smallest absolute Gasteiger partial charge is 0.543 e. The fourth-order valence-corrected chi connectivity index (χ4v) is 3.56. The molecule has 3 rings (SSSR count). The second kappa shape index (κ2) is 14.3. The number of hydrogen-bond donors (Lipinski definition) is 2. The van der Waals surface area contributed by atoms with Crippen LogP contribution in [0, 0.1) is 0 Å². The number of rotatable bonds is 6. The zero-order chi connectivity index (χ0) is 22.8. The molecule has 0 amide bonds. The summed E-state index contributed by atoms with van der Waals surface area (Å²) in [6.45, 7) is 7.47. The predicted octanol–water partition coefficient (Wildman–Crippen LogP) is -2.68. The molecule has 0 atom stereocenters. The molecule has 2 radical (unpaired) electrons. The summed E-state index contributed by atoms with van der Waals surface area (Å²) >= 11 is 0. The minimum Gasteiger partial charge on any atom is -0.543 e. The molecule has 10 nitrogen and oxygen atoms in total. The number of carboxylic acids is 2. The number of carbonyl (C=O) groups is 2. The molecular weight excluding hydrogens is 619 g/mol. The van der Waals surface area contributed by atoms with Gasteiger partial charge in [-0.3, -0.25) is 19.8 Å². The summed E-state index contributed by atoms with van der Waals surface area (Å²) < 4.78 is 0. The number of carboxylic acid groups (broad SMARTS) is 2. The third-order valence-corrected chi connectivity index (χ3v) is 5.22. The fraction of sp³-hybridized carbons (Fsp3) is 0.455. The summed E-state index contributed by atoms with van der Waals surface area (Å²) in [5, 5.41) is 29.0. The molecule has 2 aromatic heterocycles. The van der Waals surface area contributed by atoms with Crippen molar-refractivity contribution in [1.29, 1.82) is 0 Å². The van der Waals surface area contributed by atoms with Crippen LogP contribution < -0.4 is 20.8 Å². The summed E-state index contributed by atoms with van der Waals surface area (Å²) in [6.07, 6.45) is 0. The Morgan fingerprint density at radius 2 is 1.09 bits per heavy atom. The van der Waals surface area contributed by atoms with Crippen LogP contribution in [0.1, 0.15) is 32.4 Å². The molecule has 0 spiro atoms. The quantitative estimate of drug-likeness (QED) is 0.320. The van der Waals surface area contributed by atoms with Crippen LogP contribution >= 0.6 is 0 Å². The van der Waals surface area contributed by atoms with Crippen LogP contribution in [0.2, 0.25) is 0 Å². The fourth-order valence-electron chi connectivity index (χ4n) is 3.56. The molecule has 2 N–H and O–H groups in total. The summed E-state index contributed by atoms with van der Waals surface area (Å²) in [6, 6.07) is 9.90. The molecule has 174 valence electrons. The van der Waals surface area contributed by atoms with Crippen LogP contribution in [0.15, 0.2) is 36.4 Å². The maximum Gasteiger partial charge on any atom is 2.00 e. The Morgan fingerprint density at radius 1 is 0.727 bits per heavy atom. The van der Waals surface area contributed by atoms with E-state index in [1.807, 2.05) is 12.1 Å². The largest absolute Gasteiger partial charge is 2.00 e. The van der Waals surface area contributed by atoms with Crippen molar-refractivity contribution in [2.24, 2.45) is 0 Å². The maximum absolute atomic E-state index is 11.0. The average Bonchev–Trinajstić information content (AvgIpc) is 2.77. The van der Waals surface area contributed by atoms with Crippen molar-refractivity contribution in [2.45, 2.75) is 13.1 Å². The number of pyridine rings is 2. The summed E-state index contributed by atoms with van der Waals surface area (Å²) in [5.74, 6) is -2.54. The van der Waals surface area contributed by atoms with Crippen LogP contribution in [0.25, 0.3) is 0 Å². The van der Waals surface area contributed by atoms with E-state index >= 15 is 0 Å². The average molecular weight is 648 g/mol. The van der Waals surface area contributed by atoms with Gasteiger partial charge in [0.25, 0.3) is 0 Å². The number of nitrogens with zero attached hydrogens (tertiary/aromatic N) is 4. The molecule has 1 saturated heterocycles. The molecule has 0 saturated carbocycles. The second-order valence-corrected chi connectivity index (χ2v) is 7.66. The Bertz CT molecular complexity index is 830. The first-order valence-electron chi connectivity index (χ1n) is 10.7. The minimum atomic E-state index is -1.27. The van der Waals surface area contributed by atoms with Gasteiger partial charge in [-0.15, -0.1) is 0 Å². The van der Waals surface area contributed by atoms with Crippen LogP contribution in [-0.4, -0.2) is 111 Å². The van der Waals surface area contributed by atoms with Gasteiger partial charge in [-0.1, -0.05) is 12.1 Å². The van der Waals surface area contributed by atoms with E-state index in [1.54, 1.807) is 12.1 Å². The number of nitrogens with one attached hydrogen (secondary N) is 2. The van der Waals surface area contributed by atoms with Gasteiger partial charge in [0.1, 0.15) is 0 Å². The van der Waals surface area contributed by atoms with Gasteiger partial charge in [-0.25, -0.2) is 0 Å². The van der Waals surface area contributed by atoms with Crippen molar-refractivity contribution in [3.63, 3.8) is 0 Å². The molecule has 33 heavy (non-hydrogen) atoms. The van der Waals surface area contributed by atoms with E-state index in [2.05, 4.69) is 30.4 Å². The molecule has 3 heterocycles. The minimum absolute atomic E-state index is 0. The Labute approximate surface area is 213 Å². The van der Waals surface area contributed by atoms with Gasteiger partial charge in [0.2, 0.25) is 0 Å². The molecule has 11 heteroatoms. The molecule has 0 unspecified atom stereocenters. The van der Waals surface area contributed by atoms with Gasteiger partial charge >= 0.3 is 27.3 Å². The molecule has 0 aromatic carbocycles. The third kappa shape index (κ3) is 9.41. The van der Waals surface area contributed by atoms with Gasteiger partial charge < -0.3 is 30.4 Å². The molecule has 1 aliphatic heterocycles. The molecule has 2 aromatic rings. The summed E-state index contributed by atoms with van der Waals surface area (Å²) in [4.78, 5) is 34.9. The summed E-state index contributed by atoms with van der Waals surface area (Å²) in [5.41, 5.74) is 1.31. The molecule has 0 bridgehead atoms. The first-order valence-corrected chi connectivity index (χ1v) is 10.7. The van der Waals surface area contributed by atoms with E-state index in [9.17, 15) is 19.8 Å². The maximum atomic E-state index is 11.0. The standard InChI is InChI=1S/C22H30N6O4.Pb/c29-21(30)19-5-1-3-17(25-19)15-27-11-7-23-9-13-28(14-10-24-8-12-27)16-18-4-2-6-20(26-18)22(31)32;/h1-6,23-24H,7-16H2,(H,29,30)(H,31,32);/q;+2/p-2. The first-order chi connectivity index (χ1) is 15.5. The zero-order valence-corrected chi connectivity index (χ0v) is 22.3. The van der Waals surface area contributed by atoms with Crippen molar-refractivity contribution in [3.05, 3.63) is 59.2 Å². The van der Waals surface area contributed by atoms with E-state index in [4.69, 9.17) is 0 Å². The number of aromatic carboxylic acids is 2. The predicted molar refractivity (Wildman–Crippen MR) is 119 cm³/mol. The van der Waals surface area contributed by atoms with Gasteiger partial charge in [-0.05, 0) is 24.3 Å². The van der Waals surface area contributed by atoms with E-state index in [-0.39, 0.29) is 38.7 Å². The van der Waals surface area contributed by atoms with Crippen molar-refractivity contribution >= 4 is 39.2 Å². The number of carbonyl (C=O) groups excluding carboxylic acids is 2. The second-order valence-electron chi connectivity index (χ2n) is 7.66. The van der Waals surface area contributed by atoms with E-state index in [0.717, 1.165) is 52.4 Å². The Kier molecular flexibility index (Phi) is 11.8. The van der Waals surface area contributed by atoms with Gasteiger partial charge in [0.05, 0.1) is 34.7 Å². The van der Waals surface area contributed by atoms with E-state index in [1.165, 1.54) is 12.1 Å². The van der Waals surface area contributed by atoms with Crippen molar-refractivity contribution in [2.75, 3.05) is 52.4 Å². The SMILES string of the molecule is O=C([O-])c1cccc(CN2CCNCCN(Cc3cccc(C(=O)[O-])n3)CCNCC2)n1.[Pb+2]. The van der Waals surface area contributed by atoms with Gasteiger partial charge in [0.15, 0.2) is 0 Å². The Hall–Kier alpha value is -2.00. The van der Waals surface area contributed by atoms with E-state index in [0.29, 0.717) is 24.5 Å². The number of hydrogen-bond acceptors (Lipinski definition) is 10. The topological polar surface area (TPSA) is 137 Å². The van der Waals surface area contributed by atoms with Crippen LogP contribution in [0.5, 0.6) is 0 Å². The summed E-state index contributed by atoms with van der Waals surface area (Å²) in [7, 11) is 0.